The largest absolute Gasteiger partial charge is 0.495 e. The van der Waals surface area contributed by atoms with E-state index in [0.717, 1.165) is 68.7 Å². The zero-order valence-corrected chi connectivity index (χ0v) is 18.2. The molecular formula is C22H30N6O3. The number of pyridine rings is 1. The first-order chi connectivity index (χ1) is 15.1. The summed E-state index contributed by atoms with van der Waals surface area (Å²) < 4.78 is 10.8. The van der Waals surface area contributed by atoms with E-state index in [4.69, 9.17) is 14.5 Å². The number of nitrogens with zero attached hydrogens (tertiary/aromatic N) is 5. The monoisotopic (exact) mass is 426 g/mol. The van der Waals surface area contributed by atoms with Crippen molar-refractivity contribution in [2.75, 3.05) is 40.1 Å². The van der Waals surface area contributed by atoms with E-state index in [-0.39, 0.29) is 11.9 Å². The smallest absolute Gasteiger partial charge is 0.329 e. The molecule has 1 aromatic rings. The molecule has 4 aliphatic heterocycles. The average Bonchev–Trinajstić information content (AvgIpc) is 3.38. The van der Waals surface area contributed by atoms with Crippen molar-refractivity contribution in [3.8, 4) is 5.75 Å². The lowest BCUT2D eigenvalue weighted by Gasteiger charge is -2.32. The first kappa shape index (κ1) is 20.3. The minimum absolute atomic E-state index is 0.0755. The maximum Gasteiger partial charge on any atom is 0.329 e. The highest BCUT2D eigenvalue weighted by Crippen LogP contribution is 2.30. The highest BCUT2D eigenvalue weighted by Gasteiger charge is 2.40. The molecule has 0 aromatic carbocycles. The SMILES string of the molecule is COc1cncc(CN2CC(C)C(C3=NC4=CN(C5CCOCC5)CN4C(=O)N3)C2)c1. The molecular weight excluding hydrogens is 396 g/mol. The molecule has 9 heteroatoms. The van der Waals surface area contributed by atoms with Gasteiger partial charge >= 0.3 is 6.03 Å². The third-order valence-electron chi connectivity index (χ3n) is 6.69. The minimum atomic E-state index is -0.0755. The highest BCUT2D eigenvalue weighted by atomic mass is 16.5. The molecule has 4 aliphatic rings. The molecule has 31 heavy (non-hydrogen) atoms. The van der Waals surface area contributed by atoms with Crippen molar-refractivity contribution in [2.45, 2.75) is 32.4 Å². The van der Waals surface area contributed by atoms with E-state index in [9.17, 15) is 4.79 Å². The lowest BCUT2D eigenvalue weighted by Crippen LogP contribution is -2.50. The maximum absolute atomic E-state index is 12.8. The molecule has 1 N–H and O–H groups in total. The Hall–Kier alpha value is -2.65. The number of amides is 2. The molecule has 0 saturated carbocycles. The van der Waals surface area contributed by atoms with Crippen molar-refractivity contribution < 1.29 is 14.3 Å². The van der Waals surface area contributed by atoms with Crippen LogP contribution in [0.4, 0.5) is 4.79 Å². The Morgan fingerprint density at radius 3 is 2.90 bits per heavy atom. The van der Waals surface area contributed by atoms with Gasteiger partial charge in [0.15, 0.2) is 5.82 Å². The summed E-state index contributed by atoms with van der Waals surface area (Å²) in [4.78, 5) is 28.3. The fourth-order valence-electron chi connectivity index (χ4n) is 4.97. The van der Waals surface area contributed by atoms with Crippen molar-refractivity contribution in [1.29, 1.82) is 0 Å². The van der Waals surface area contributed by atoms with E-state index in [1.165, 1.54) is 0 Å². The summed E-state index contributed by atoms with van der Waals surface area (Å²) in [6.45, 7) is 6.97. The van der Waals surface area contributed by atoms with Crippen molar-refractivity contribution in [2.24, 2.45) is 16.8 Å². The van der Waals surface area contributed by atoms with Crippen LogP contribution in [0.25, 0.3) is 0 Å². The van der Waals surface area contributed by atoms with Crippen LogP contribution in [0.2, 0.25) is 0 Å². The van der Waals surface area contributed by atoms with E-state index in [1.54, 1.807) is 18.2 Å². The predicted molar refractivity (Wildman–Crippen MR) is 115 cm³/mol. The van der Waals surface area contributed by atoms with Gasteiger partial charge in [-0.05, 0) is 30.4 Å². The molecule has 2 unspecified atom stereocenters. The second-order valence-electron chi connectivity index (χ2n) is 8.85. The third-order valence-corrected chi connectivity index (χ3v) is 6.69. The zero-order chi connectivity index (χ0) is 21.4. The number of carbonyl (C=O) groups excluding carboxylic acids is 1. The number of nitrogens with one attached hydrogen (secondary N) is 1. The van der Waals surface area contributed by atoms with Crippen molar-refractivity contribution in [3.05, 3.63) is 36.0 Å². The molecule has 166 valence electrons. The van der Waals surface area contributed by atoms with Gasteiger partial charge in [-0.3, -0.25) is 20.1 Å². The van der Waals surface area contributed by atoms with Gasteiger partial charge in [-0.1, -0.05) is 6.92 Å². The quantitative estimate of drug-likeness (QED) is 0.774. The Balaban J connectivity index is 1.28. The molecule has 1 aromatic heterocycles. The molecule has 2 atom stereocenters. The lowest BCUT2D eigenvalue weighted by atomic mass is 9.96. The van der Waals surface area contributed by atoms with Crippen molar-refractivity contribution >= 4 is 11.9 Å². The normalized spacial score (nSPS) is 27.1. The van der Waals surface area contributed by atoms with E-state index < -0.39 is 0 Å². The Bertz CT molecular complexity index is 897. The Labute approximate surface area is 182 Å². The summed E-state index contributed by atoms with van der Waals surface area (Å²) in [6.07, 6.45) is 7.63. The fourth-order valence-corrected chi connectivity index (χ4v) is 4.97. The first-order valence-corrected chi connectivity index (χ1v) is 11.0. The number of fused-ring (bicyclic) bond motifs is 1. The number of urea groups is 1. The number of methoxy groups -OCH3 is 1. The standard InChI is InChI=1S/C22H30N6O3/c1-15-10-26(11-16-7-18(30-2)9-23-8-16)12-19(15)21-24-20-13-27(14-28(20)22(29)25-21)17-3-5-31-6-4-17/h7-9,13,15,17,19H,3-6,10-12,14H2,1-2H3,(H,24,25,29). The summed E-state index contributed by atoms with van der Waals surface area (Å²) in [7, 11) is 1.66. The fraction of sp³-hybridized carbons (Fsp3) is 0.591. The van der Waals surface area contributed by atoms with Crippen LogP contribution in [0.3, 0.4) is 0 Å². The molecule has 2 amide bonds. The van der Waals surface area contributed by atoms with Gasteiger partial charge in [0, 0.05) is 57.2 Å². The molecule has 0 bridgehead atoms. The van der Waals surface area contributed by atoms with Crippen LogP contribution >= 0.6 is 0 Å². The number of hydrogen-bond donors (Lipinski definition) is 1. The van der Waals surface area contributed by atoms with Gasteiger partial charge in [-0.2, -0.15) is 0 Å². The van der Waals surface area contributed by atoms with Gasteiger partial charge < -0.3 is 14.4 Å². The summed E-state index contributed by atoms with van der Waals surface area (Å²) in [5.74, 6) is 2.92. The second kappa shape index (κ2) is 8.47. The molecule has 2 saturated heterocycles. The molecule has 5 heterocycles. The van der Waals surface area contributed by atoms with Gasteiger partial charge in [-0.15, -0.1) is 0 Å². The van der Waals surface area contributed by atoms with Crippen LogP contribution in [0.5, 0.6) is 5.75 Å². The first-order valence-electron chi connectivity index (χ1n) is 11.0. The van der Waals surface area contributed by atoms with E-state index >= 15 is 0 Å². The van der Waals surface area contributed by atoms with E-state index in [1.807, 2.05) is 18.5 Å². The molecule has 0 radical (unpaired) electrons. The van der Waals surface area contributed by atoms with Gasteiger partial charge in [0.2, 0.25) is 0 Å². The number of hydrogen-bond acceptors (Lipinski definition) is 7. The van der Waals surface area contributed by atoms with Gasteiger partial charge in [-0.25, -0.2) is 9.79 Å². The molecule has 9 nitrogen and oxygen atoms in total. The number of carbonyl (C=O) groups is 1. The predicted octanol–water partition coefficient (Wildman–Crippen LogP) is 1.83. The van der Waals surface area contributed by atoms with Crippen LogP contribution in [0.15, 0.2) is 35.5 Å². The highest BCUT2D eigenvalue weighted by molar-refractivity contribution is 6.02. The summed E-state index contributed by atoms with van der Waals surface area (Å²) in [5.41, 5.74) is 1.12. The Kier molecular flexibility index (Phi) is 5.54. The maximum atomic E-state index is 12.8. The molecule has 5 rings (SSSR count). The van der Waals surface area contributed by atoms with Crippen LogP contribution in [0, 0.1) is 11.8 Å². The van der Waals surface area contributed by atoms with E-state index in [0.29, 0.717) is 18.6 Å². The van der Waals surface area contributed by atoms with Gasteiger partial charge in [0.25, 0.3) is 0 Å². The van der Waals surface area contributed by atoms with E-state index in [2.05, 4.69) is 27.0 Å². The van der Waals surface area contributed by atoms with Crippen LogP contribution in [-0.4, -0.2) is 77.7 Å². The summed E-state index contributed by atoms with van der Waals surface area (Å²) in [6, 6.07) is 2.36. The Morgan fingerprint density at radius 2 is 2.10 bits per heavy atom. The van der Waals surface area contributed by atoms with Crippen molar-refractivity contribution in [1.82, 2.24) is 25.0 Å². The second-order valence-corrected chi connectivity index (χ2v) is 8.85. The van der Waals surface area contributed by atoms with Crippen LogP contribution in [-0.2, 0) is 11.3 Å². The number of aromatic nitrogens is 1. The number of ether oxygens (including phenoxy) is 2. The molecule has 0 spiro atoms. The zero-order valence-electron chi connectivity index (χ0n) is 18.2. The number of likely N-dealkylation sites (tertiary alicyclic amines) is 1. The number of amidine groups is 1. The molecule has 0 aliphatic carbocycles. The van der Waals surface area contributed by atoms with Crippen molar-refractivity contribution in [3.63, 3.8) is 0 Å². The van der Waals surface area contributed by atoms with Crippen LogP contribution in [0.1, 0.15) is 25.3 Å². The van der Waals surface area contributed by atoms with Crippen LogP contribution < -0.4 is 10.1 Å². The minimum Gasteiger partial charge on any atom is -0.495 e. The number of aliphatic imine (C=N–C) groups is 1. The number of rotatable bonds is 5. The topological polar surface area (TPSA) is 82.5 Å². The van der Waals surface area contributed by atoms with Gasteiger partial charge in [0.05, 0.1) is 13.3 Å². The summed E-state index contributed by atoms with van der Waals surface area (Å²) in [5, 5.41) is 3.07. The van der Waals surface area contributed by atoms with Gasteiger partial charge in [0.1, 0.15) is 18.3 Å². The lowest BCUT2D eigenvalue weighted by molar-refractivity contribution is 0.0459. The third kappa shape index (κ3) is 4.12. The molecule has 2 fully saturated rings. The average molecular weight is 427 g/mol. The summed E-state index contributed by atoms with van der Waals surface area (Å²) >= 11 is 0. The Morgan fingerprint density at radius 1 is 1.26 bits per heavy atom.